The maximum absolute atomic E-state index is 6.26. The van der Waals surface area contributed by atoms with Gasteiger partial charge >= 0.3 is 0 Å². The van der Waals surface area contributed by atoms with Gasteiger partial charge in [-0.2, -0.15) is 0 Å². The molecule has 1 aliphatic heterocycles. The van der Waals surface area contributed by atoms with Crippen LogP contribution in [-0.2, 0) is 0 Å². The summed E-state index contributed by atoms with van der Waals surface area (Å²) in [7, 11) is 0. The highest BCUT2D eigenvalue weighted by molar-refractivity contribution is 5.80. The average Bonchev–Trinajstić information content (AvgIpc) is 3.08. The van der Waals surface area contributed by atoms with Gasteiger partial charge in [0, 0.05) is 6.20 Å². The number of H-pyrrole nitrogens is 1. The van der Waals surface area contributed by atoms with E-state index in [1.807, 2.05) is 30.5 Å². The zero-order valence-corrected chi connectivity index (χ0v) is 13.7. The van der Waals surface area contributed by atoms with Crippen LogP contribution in [0.3, 0.4) is 0 Å². The van der Waals surface area contributed by atoms with Crippen molar-refractivity contribution in [2.45, 2.75) is 20.0 Å². The Labute approximate surface area is 139 Å². The van der Waals surface area contributed by atoms with Gasteiger partial charge in [0.1, 0.15) is 31.3 Å². The fourth-order valence-electron chi connectivity index (χ4n) is 2.89. The van der Waals surface area contributed by atoms with Crippen molar-refractivity contribution < 1.29 is 14.2 Å². The monoisotopic (exact) mass is 325 g/mol. The van der Waals surface area contributed by atoms with Crippen LogP contribution in [0.15, 0.2) is 36.8 Å². The van der Waals surface area contributed by atoms with E-state index in [0.29, 0.717) is 19.1 Å². The number of benzene rings is 1. The van der Waals surface area contributed by atoms with E-state index in [2.05, 4.69) is 28.8 Å². The zero-order chi connectivity index (χ0) is 16.5. The molecule has 24 heavy (non-hydrogen) atoms. The van der Waals surface area contributed by atoms with Gasteiger partial charge in [0.05, 0.1) is 5.39 Å². The summed E-state index contributed by atoms with van der Waals surface area (Å²) < 4.78 is 17.5. The average molecular weight is 325 g/mol. The molecule has 3 aromatic rings. The molecule has 0 spiro atoms. The highest BCUT2D eigenvalue weighted by Gasteiger charge is 2.22. The lowest BCUT2D eigenvalue weighted by Gasteiger charge is -2.25. The quantitative estimate of drug-likeness (QED) is 0.795. The molecule has 0 radical (unpaired) electrons. The molecule has 1 aliphatic rings. The van der Waals surface area contributed by atoms with Crippen molar-refractivity contribution >= 4 is 11.0 Å². The van der Waals surface area contributed by atoms with E-state index in [9.17, 15) is 0 Å². The first-order valence-corrected chi connectivity index (χ1v) is 8.06. The number of aromatic nitrogens is 3. The fourth-order valence-corrected chi connectivity index (χ4v) is 2.89. The number of nitrogens with zero attached hydrogens (tertiary/aromatic N) is 2. The molecule has 4 rings (SSSR count). The van der Waals surface area contributed by atoms with E-state index < -0.39 is 0 Å². The molecular weight excluding hydrogens is 306 g/mol. The summed E-state index contributed by atoms with van der Waals surface area (Å²) in [6.07, 6.45) is 3.20. The second kappa shape index (κ2) is 6.03. The van der Waals surface area contributed by atoms with Crippen molar-refractivity contribution in [3.8, 4) is 17.4 Å². The minimum atomic E-state index is -0.145. The topological polar surface area (TPSA) is 69.3 Å². The van der Waals surface area contributed by atoms with Crippen LogP contribution >= 0.6 is 0 Å². The van der Waals surface area contributed by atoms with Crippen molar-refractivity contribution in [2.24, 2.45) is 5.92 Å². The Kier molecular flexibility index (Phi) is 3.72. The molecular formula is C18H19N3O3. The lowest BCUT2D eigenvalue weighted by molar-refractivity contribution is 0.145. The third-order valence-electron chi connectivity index (χ3n) is 4.06. The molecule has 0 unspecified atom stereocenters. The minimum absolute atomic E-state index is 0.145. The maximum Gasteiger partial charge on any atom is 0.226 e. The zero-order valence-electron chi connectivity index (χ0n) is 13.7. The van der Waals surface area contributed by atoms with E-state index in [1.54, 1.807) is 0 Å². The van der Waals surface area contributed by atoms with Crippen LogP contribution in [0.25, 0.3) is 11.0 Å². The molecule has 0 amide bonds. The van der Waals surface area contributed by atoms with Gasteiger partial charge in [-0.15, -0.1) is 0 Å². The van der Waals surface area contributed by atoms with Gasteiger partial charge in [-0.3, -0.25) is 0 Å². The van der Waals surface area contributed by atoms with Gasteiger partial charge in [0.2, 0.25) is 5.88 Å². The van der Waals surface area contributed by atoms with Gasteiger partial charge in [0.15, 0.2) is 11.5 Å². The van der Waals surface area contributed by atoms with Crippen LogP contribution in [0.1, 0.15) is 25.5 Å². The molecule has 6 heteroatoms. The molecule has 1 N–H and O–H groups in total. The van der Waals surface area contributed by atoms with Gasteiger partial charge < -0.3 is 19.2 Å². The Hall–Kier alpha value is -2.76. The summed E-state index contributed by atoms with van der Waals surface area (Å²) in [5, 5.41) is 0.876. The summed E-state index contributed by atoms with van der Waals surface area (Å²) >= 11 is 0. The largest absolute Gasteiger partial charge is 0.486 e. The first-order valence-electron chi connectivity index (χ1n) is 8.06. The molecule has 0 saturated carbocycles. The van der Waals surface area contributed by atoms with E-state index in [-0.39, 0.29) is 12.0 Å². The van der Waals surface area contributed by atoms with Gasteiger partial charge in [0.25, 0.3) is 0 Å². The Morgan fingerprint density at radius 1 is 1.08 bits per heavy atom. The fraction of sp³-hybridized carbons (Fsp3) is 0.333. The lowest BCUT2D eigenvalue weighted by atomic mass is 9.98. The van der Waals surface area contributed by atoms with E-state index in [4.69, 9.17) is 14.2 Å². The van der Waals surface area contributed by atoms with Crippen molar-refractivity contribution in [1.82, 2.24) is 15.0 Å². The second-order valence-electron chi connectivity index (χ2n) is 6.10. The van der Waals surface area contributed by atoms with Crippen LogP contribution in [0.5, 0.6) is 17.4 Å². The minimum Gasteiger partial charge on any atom is -0.486 e. The Morgan fingerprint density at radius 2 is 1.92 bits per heavy atom. The highest BCUT2D eigenvalue weighted by atomic mass is 16.6. The number of nitrogens with one attached hydrogen (secondary N) is 1. The summed E-state index contributed by atoms with van der Waals surface area (Å²) in [6, 6.07) is 7.88. The summed E-state index contributed by atoms with van der Waals surface area (Å²) in [4.78, 5) is 11.6. The molecule has 1 atom stereocenters. The van der Waals surface area contributed by atoms with Gasteiger partial charge in [-0.05, 0) is 29.7 Å². The summed E-state index contributed by atoms with van der Waals surface area (Å²) in [5.41, 5.74) is 1.81. The SMILES string of the molecule is CC(C)[C@@H](Oc1ncnc2[nH]ccc12)c1ccc2c(c1)OCCO2. The predicted molar refractivity (Wildman–Crippen MR) is 89.5 cm³/mol. The molecule has 2 aromatic heterocycles. The van der Waals surface area contributed by atoms with Crippen molar-refractivity contribution in [2.75, 3.05) is 13.2 Å². The second-order valence-corrected chi connectivity index (χ2v) is 6.10. The summed E-state index contributed by atoms with van der Waals surface area (Å²) in [5.74, 6) is 2.39. The van der Waals surface area contributed by atoms with Crippen molar-refractivity contribution in [1.29, 1.82) is 0 Å². The smallest absolute Gasteiger partial charge is 0.226 e. The normalized spacial score (nSPS) is 14.8. The van der Waals surface area contributed by atoms with Crippen LogP contribution in [0.2, 0.25) is 0 Å². The number of rotatable bonds is 4. The number of ether oxygens (including phenoxy) is 3. The molecule has 3 heterocycles. The lowest BCUT2D eigenvalue weighted by Crippen LogP contribution is -2.18. The first kappa shape index (κ1) is 14.8. The van der Waals surface area contributed by atoms with E-state index in [1.165, 1.54) is 6.33 Å². The standard InChI is InChI=1S/C18H19N3O3/c1-11(2)16(12-3-4-14-15(9-12)23-8-7-22-14)24-18-13-5-6-19-17(13)20-10-21-18/h3-6,9-11,16H,7-8H2,1-2H3,(H,19,20,21)/t16-/m1/s1. The predicted octanol–water partition coefficient (Wildman–Crippen LogP) is 3.51. The van der Waals surface area contributed by atoms with Crippen molar-refractivity contribution in [3.63, 3.8) is 0 Å². The number of hydrogen-bond acceptors (Lipinski definition) is 5. The van der Waals surface area contributed by atoms with Crippen LogP contribution in [-0.4, -0.2) is 28.2 Å². The number of fused-ring (bicyclic) bond motifs is 2. The molecule has 6 nitrogen and oxygen atoms in total. The maximum atomic E-state index is 6.26. The molecule has 1 aromatic carbocycles. The summed E-state index contributed by atoms with van der Waals surface area (Å²) in [6.45, 7) is 5.40. The third-order valence-corrected chi connectivity index (χ3v) is 4.06. The van der Waals surface area contributed by atoms with Crippen LogP contribution in [0.4, 0.5) is 0 Å². The van der Waals surface area contributed by atoms with Crippen LogP contribution in [0, 0.1) is 5.92 Å². The van der Waals surface area contributed by atoms with Crippen LogP contribution < -0.4 is 14.2 Å². The Balaban J connectivity index is 1.69. The first-order chi connectivity index (χ1) is 11.7. The number of aromatic amines is 1. The molecule has 0 saturated heterocycles. The highest BCUT2D eigenvalue weighted by Crippen LogP contribution is 2.36. The molecule has 0 aliphatic carbocycles. The molecule has 0 fully saturated rings. The van der Waals surface area contributed by atoms with Crippen molar-refractivity contribution in [3.05, 3.63) is 42.4 Å². The van der Waals surface area contributed by atoms with Gasteiger partial charge in [-0.1, -0.05) is 19.9 Å². The third kappa shape index (κ3) is 2.64. The number of hydrogen-bond donors (Lipinski definition) is 1. The molecule has 0 bridgehead atoms. The Bertz CT molecular complexity index is 860. The Morgan fingerprint density at radius 3 is 2.75 bits per heavy atom. The molecule has 124 valence electrons. The van der Waals surface area contributed by atoms with Gasteiger partial charge in [-0.25, -0.2) is 9.97 Å². The van der Waals surface area contributed by atoms with E-state index >= 15 is 0 Å². The van der Waals surface area contributed by atoms with E-state index in [0.717, 1.165) is 28.1 Å².